The zero-order valence-corrected chi connectivity index (χ0v) is 16.1. The van der Waals surface area contributed by atoms with Crippen LogP contribution in [0.3, 0.4) is 0 Å². The number of imidazole rings is 1. The topological polar surface area (TPSA) is 52.7 Å². The van der Waals surface area contributed by atoms with Crippen LogP contribution in [0.5, 0.6) is 0 Å². The summed E-state index contributed by atoms with van der Waals surface area (Å²) in [5, 5.41) is 4.28. The summed E-state index contributed by atoms with van der Waals surface area (Å²) in [4.78, 5) is 17.3. The van der Waals surface area contributed by atoms with E-state index in [0.29, 0.717) is 5.82 Å². The quantitative estimate of drug-likeness (QED) is 0.474. The number of aryl methyl sites for hydroxylation is 2. The summed E-state index contributed by atoms with van der Waals surface area (Å²) < 4.78 is 31.6. The minimum absolute atomic E-state index is 0.213. The van der Waals surface area contributed by atoms with Crippen molar-refractivity contribution in [3.63, 3.8) is 0 Å². The van der Waals surface area contributed by atoms with Gasteiger partial charge >= 0.3 is 0 Å². The summed E-state index contributed by atoms with van der Waals surface area (Å²) in [6, 6.07) is 11.5. The standard InChI is InChI=1S/C23H18F2N4O/c24-19-5-1-6-20(25)18(19)13-22(30)21-14-28-10-2-4-15-7-8-16(29-11-3-9-26-29)12-17(15)23(28)27-21/h1,3,5-9,11-12,14H,2,4,10,13H2. The van der Waals surface area contributed by atoms with Crippen molar-refractivity contribution in [2.75, 3.05) is 0 Å². The number of carbonyl (C=O) groups is 1. The van der Waals surface area contributed by atoms with Crippen LogP contribution in [0.4, 0.5) is 8.78 Å². The number of hydrogen-bond donors (Lipinski definition) is 0. The number of ketones is 1. The van der Waals surface area contributed by atoms with E-state index in [4.69, 9.17) is 0 Å². The number of benzene rings is 2. The molecule has 0 amide bonds. The van der Waals surface area contributed by atoms with Gasteiger partial charge in [-0.15, -0.1) is 0 Å². The zero-order valence-electron chi connectivity index (χ0n) is 16.1. The van der Waals surface area contributed by atoms with Crippen molar-refractivity contribution in [1.29, 1.82) is 0 Å². The highest BCUT2D eigenvalue weighted by atomic mass is 19.1. The number of halogens is 2. The third-order valence-corrected chi connectivity index (χ3v) is 5.41. The maximum absolute atomic E-state index is 14.0. The number of aromatic nitrogens is 4. The van der Waals surface area contributed by atoms with E-state index in [1.807, 2.05) is 29.0 Å². The molecule has 0 atom stereocenters. The summed E-state index contributed by atoms with van der Waals surface area (Å²) in [6.07, 6.45) is 6.71. The largest absolute Gasteiger partial charge is 0.330 e. The molecule has 5 rings (SSSR count). The van der Waals surface area contributed by atoms with Crippen molar-refractivity contribution in [2.24, 2.45) is 0 Å². The van der Waals surface area contributed by atoms with Crippen LogP contribution >= 0.6 is 0 Å². The number of hydrogen-bond acceptors (Lipinski definition) is 3. The van der Waals surface area contributed by atoms with Crippen molar-refractivity contribution in [3.05, 3.63) is 89.5 Å². The van der Waals surface area contributed by atoms with Gasteiger partial charge in [0.1, 0.15) is 23.2 Å². The highest BCUT2D eigenvalue weighted by Crippen LogP contribution is 2.30. The molecule has 0 unspecified atom stereocenters. The van der Waals surface area contributed by atoms with E-state index >= 15 is 0 Å². The molecule has 0 spiro atoms. The van der Waals surface area contributed by atoms with Gasteiger partial charge in [0.15, 0.2) is 5.78 Å². The van der Waals surface area contributed by atoms with Crippen molar-refractivity contribution < 1.29 is 13.6 Å². The van der Waals surface area contributed by atoms with E-state index in [9.17, 15) is 13.6 Å². The van der Waals surface area contributed by atoms with Crippen LogP contribution in [0.25, 0.3) is 17.1 Å². The Bertz CT molecular complexity index is 1220. The van der Waals surface area contributed by atoms with Crippen LogP contribution < -0.4 is 0 Å². The molecule has 0 aliphatic carbocycles. The predicted molar refractivity (Wildman–Crippen MR) is 107 cm³/mol. The number of Topliss-reactive ketones (excluding diaryl/α,β-unsaturated/α-hetero) is 1. The molecule has 7 heteroatoms. The second-order valence-corrected chi connectivity index (χ2v) is 7.34. The molecule has 0 saturated carbocycles. The van der Waals surface area contributed by atoms with E-state index in [0.717, 1.165) is 48.3 Å². The molecule has 30 heavy (non-hydrogen) atoms. The fraction of sp³-hybridized carbons (Fsp3) is 0.174. The van der Waals surface area contributed by atoms with Crippen molar-refractivity contribution >= 4 is 5.78 Å². The second-order valence-electron chi connectivity index (χ2n) is 7.34. The molecule has 0 fully saturated rings. The Morgan fingerprint density at radius 2 is 1.93 bits per heavy atom. The summed E-state index contributed by atoms with van der Waals surface area (Å²) in [5.74, 6) is -1.17. The summed E-state index contributed by atoms with van der Waals surface area (Å²) in [7, 11) is 0. The maximum atomic E-state index is 14.0. The Hall–Kier alpha value is -3.61. The van der Waals surface area contributed by atoms with Gasteiger partial charge < -0.3 is 4.57 Å². The van der Waals surface area contributed by atoms with Crippen LogP contribution in [0.15, 0.2) is 61.1 Å². The first-order chi connectivity index (χ1) is 14.6. The molecule has 4 aromatic rings. The van der Waals surface area contributed by atoms with Gasteiger partial charge in [0.25, 0.3) is 0 Å². The van der Waals surface area contributed by atoms with Crippen LogP contribution in [-0.2, 0) is 19.4 Å². The van der Waals surface area contributed by atoms with Crippen LogP contribution in [0.2, 0.25) is 0 Å². The van der Waals surface area contributed by atoms with Crippen LogP contribution in [0.1, 0.15) is 28.0 Å². The molecule has 1 aliphatic rings. The maximum Gasteiger partial charge on any atom is 0.187 e. The SMILES string of the molecule is O=C(Cc1c(F)cccc1F)c1cn2c(n1)-c1cc(-n3cccn3)ccc1CCC2. The van der Waals surface area contributed by atoms with E-state index in [-0.39, 0.29) is 17.7 Å². The van der Waals surface area contributed by atoms with Gasteiger partial charge in [-0.05, 0) is 48.7 Å². The molecule has 3 heterocycles. The molecular formula is C23H18F2N4O. The molecule has 1 aliphatic heterocycles. The molecule has 0 N–H and O–H groups in total. The van der Waals surface area contributed by atoms with E-state index in [1.165, 1.54) is 6.07 Å². The van der Waals surface area contributed by atoms with Crippen LogP contribution in [-0.4, -0.2) is 25.1 Å². The summed E-state index contributed by atoms with van der Waals surface area (Å²) >= 11 is 0. The second kappa shape index (κ2) is 7.33. The molecule has 0 saturated heterocycles. The normalized spacial score (nSPS) is 12.9. The molecular weight excluding hydrogens is 386 g/mol. The van der Waals surface area contributed by atoms with E-state index < -0.39 is 17.4 Å². The Morgan fingerprint density at radius 1 is 1.10 bits per heavy atom. The number of nitrogens with zero attached hydrogens (tertiary/aromatic N) is 4. The van der Waals surface area contributed by atoms with Gasteiger partial charge in [-0.1, -0.05) is 12.1 Å². The molecule has 0 radical (unpaired) electrons. The number of fused-ring (bicyclic) bond motifs is 3. The molecule has 5 nitrogen and oxygen atoms in total. The highest BCUT2D eigenvalue weighted by molar-refractivity contribution is 5.96. The lowest BCUT2D eigenvalue weighted by Crippen LogP contribution is -2.08. The lowest BCUT2D eigenvalue weighted by atomic mass is 10.0. The van der Waals surface area contributed by atoms with Gasteiger partial charge in [0, 0.05) is 42.7 Å². The fourth-order valence-electron chi connectivity index (χ4n) is 3.88. The lowest BCUT2D eigenvalue weighted by Gasteiger charge is -2.09. The fourth-order valence-corrected chi connectivity index (χ4v) is 3.88. The van der Waals surface area contributed by atoms with Gasteiger partial charge in [0.2, 0.25) is 0 Å². The number of rotatable bonds is 4. The van der Waals surface area contributed by atoms with Crippen molar-refractivity contribution in [2.45, 2.75) is 25.8 Å². The minimum Gasteiger partial charge on any atom is -0.330 e. The Morgan fingerprint density at radius 3 is 2.70 bits per heavy atom. The summed E-state index contributed by atoms with van der Waals surface area (Å²) in [6.45, 7) is 0.718. The Labute approximate surface area is 171 Å². The average Bonchev–Trinajstić information content (AvgIpc) is 3.39. The lowest BCUT2D eigenvalue weighted by molar-refractivity contribution is 0.0986. The average molecular weight is 404 g/mol. The van der Waals surface area contributed by atoms with Crippen molar-refractivity contribution in [3.8, 4) is 17.1 Å². The number of carbonyl (C=O) groups excluding carboxylic acids is 1. The molecule has 2 aromatic heterocycles. The van der Waals surface area contributed by atoms with Gasteiger partial charge in [-0.2, -0.15) is 5.10 Å². The first-order valence-electron chi connectivity index (χ1n) is 9.77. The van der Waals surface area contributed by atoms with Crippen LogP contribution in [0, 0.1) is 11.6 Å². The first kappa shape index (κ1) is 18.4. The van der Waals surface area contributed by atoms with Gasteiger partial charge in [-0.3, -0.25) is 4.79 Å². The monoisotopic (exact) mass is 404 g/mol. The summed E-state index contributed by atoms with van der Waals surface area (Å²) in [5.41, 5.74) is 2.97. The van der Waals surface area contributed by atoms with Gasteiger partial charge in [0.05, 0.1) is 5.69 Å². The third-order valence-electron chi connectivity index (χ3n) is 5.41. The van der Waals surface area contributed by atoms with E-state index in [2.05, 4.69) is 16.1 Å². The van der Waals surface area contributed by atoms with Gasteiger partial charge in [-0.25, -0.2) is 18.4 Å². The predicted octanol–water partition coefficient (Wildman–Crippen LogP) is 4.39. The Balaban J connectivity index is 1.53. The molecule has 0 bridgehead atoms. The van der Waals surface area contributed by atoms with E-state index in [1.54, 1.807) is 17.1 Å². The first-order valence-corrected chi connectivity index (χ1v) is 9.77. The smallest absolute Gasteiger partial charge is 0.187 e. The zero-order chi connectivity index (χ0) is 20.7. The highest BCUT2D eigenvalue weighted by Gasteiger charge is 2.22. The molecule has 150 valence electrons. The van der Waals surface area contributed by atoms with Crippen molar-refractivity contribution in [1.82, 2.24) is 19.3 Å². The Kier molecular flexibility index (Phi) is 4.50. The molecule has 2 aromatic carbocycles. The third kappa shape index (κ3) is 3.22. The minimum atomic E-state index is -0.724.